The van der Waals surface area contributed by atoms with Crippen LogP contribution in [0.5, 0.6) is 0 Å². The summed E-state index contributed by atoms with van der Waals surface area (Å²) in [4.78, 5) is 23.2. The fourth-order valence-corrected chi connectivity index (χ4v) is 5.58. The van der Waals surface area contributed by atoms with Crippen molar-refractivity contribution < 1.29 is 23.8 Å². The largest absolute Gasteiger partial charge is 0.481 e. The van der Waals surface area contributed by atoms with E-state index >= 15 is 4.39 Å². The molecule has 172 valence electrons. The second-order valence-electron chi connectivity index (χ2n) is 9.30. The second kappa shape index (κ2) is 9.16. The number of hydrogen-bond donors (Lipinski definition) is 3. The van der Waals surface area contributed by atoms with E-state index in [0.29, 0.717) is 18.6 Å². The number of nitrogens with one attached hydrogen (secondary N) is 2. The molecule has 0 saturated carbocycles. The molecule has 7 heteroatoms. The highest BCUT2D eigenvalue weighted by molar-refractivity contribution is 5.79. The van der Waals surface area contributed by atoms with Crippen LogP contribution in [-0.4, -0.2) is 53.5 Å². The highest BCUT2D eigenvalue weighted by atomic mass is 19.1. The van der Waals surface area contributed by atoms with Crippen molar-refractivity contribution in [3.63, 3.8) is 0 Å². The van der Waals surface area contributed by atoms with Crippen molar-refractivity contribution in [1.29, 1.82) is 0 Å². The first kappa shape index (κ1) is 22.7. The Labute approximate surface area is 187 Å². The van der Waals surface area contributed by atoms with E-state index in [9.17, 15) is 9.59 Å². The van der Waals surface area contributed by atoms with Crippen LogP contribution >= 0.6 is 0 Å². The van der Waals surface area contributed by atoms with Crippen molar-refractivity contribution in [2.24, 2.45) is 5.92 Å². The van der Waals surface area contributed by atoms with Gasteiger partial charge >= 0.3 is 5.97 Å². The predicted octanol–water partition coefficient (Wildman–Crippen LogP) is 3.24. The molecule has 2 saturated heterocycles. The lowest BCUT2D eigenvalue weighted by atomic mass is 9.70. The molecule has 2 fully saturated rings. The van der Waals surface area contributed by atoms with E-state index < -0.39 is 23.1 Å². The van der Waals surface area contributed by atoms with Crippen LogP contribution in [0.3, 0.4) is 0 Å². The Balaban J connectivity index is 1.62. The van der Waals surface area contributed by atoms with Gasteiger partial charge in [-0.15, -0.1) is 0 Å². The van der Waals surface area contributed by atoms with Crippen LogP contribution < -0.4 is 10.6 Å². The van der Waals surface area contributed by atoms with Gasteiger partial charge in [-0.05, 0) is 43.7 Å². The SMILES string of the molecule is C[C@@H]1CC2(COCC(=O)N2)C(CC2C=CC=C(c3ccccc3)C2(F)CCCC(=O)O)N1. The van der Waals surface area contributed by atoms with Gasteiger partial charge in [0.25, 0.3) is 0 Å². The minimum atomic E-state index is -1.71. The number of benzene rings is 1. The third-order valence-corrected chi connectivity index (χ3v) is 6.95. The number of hydrogen-bond acceptors (Lipinski definition) is 4. The number of carbonyl (C=O) groups excluding carboxylic acids is 1. The fraction of sp³-hybridized carbons (Fsp3) is 0.520. The van der Waals surface area contributed by atoms with Crippen LogP contribution in [0.25, 0.3) is 5.57 Å². The lowest BCUT2D eigenvalue weighted by Crippen LogP contribution is -2.63. The molecule has 2 aliphatic heterocycles. The molecule has 5 atom stereocenters. The number of halogens is 1. The molecule has 1 aliphatic carbocycles. The number of carboxylic acids is 1. The number of amides is 1. The molecule has 1 spiro atoms. The first-order chi connectivity index (χ1) is 15.3. The van der Waals surface area contributed by atoms with Crippen LogP contribution in [-0.2, 0) is 14.3 Å². The minimum absolute atomic E-state index is 0.0509. The number of alkyl halides is 1. The maximum atomic E-state index is 17.0. The van der Waals surface area contributed by atoms with E-state index in [0.717, 1.165) is 12.0 Å². The van der Waals surface area contributed by atoms with Gasteiger partial charge in [0.2, 0.25) is 5.91 Å². The van der Waals surface area contributed by atoms with E-state index in [-0.39, 0.29) is 43.9 Å². The minimum Gasteiger partial charge on any atom is -0.481 e. The highest BCUT2D eigenvalue weighted by Gasteiger charge is 2.52. The summed E-state index contributed by atoms with van der Waals surface area (Å²) < 4.78 is 22.5. The van der Waals surface area contributed by atoms with Crippen LogP contribution in [0, 0.1) is 5.92 Å². The number of carboxylic acid groups (broad SMARTS) is 1. The van der Waals surface area contributed by atoms with Gasteiger partial charge in [0.15, 0.2) is 0 Å². The fourth-order valence-electron chi connectivity index (χ4n) is 5.58. The Morgan fingerprint density at radius 1 is 1.31 bits per heavy atom. The predicted molar refractivity (Wildman–Crippen MR) is 120 cm³/mol. The number of morpholine rings is 1. The first-order valence-corrected chi connectivity index (χ1v) is 11.3. The van der Waals surface area contributed by atoms with Crippen molar-refractivity contribution in [2.75, 3.05) is 13.2 Å². The molecule has 0 aromatic heterocycles. The van der Waals surface area contributed by atoms with Crippen molar-refractivity contribution in [1.82, 2.24) is 10.6 Å². The van der Waals surface area contributed by atoms with Gasteiger partial charge in [-0.3, -0.25) is 9.59 Å². The summed E-state index contributed by atoms with van der Waals surface area (Å²) in [5.74, 6) is -1.53. The Hall–Kier alpha value is -2.51. The summed E-state index contributed by atoms with van der Waals surface area (Å²) >= 11 is 0. The summed E-state index contributed by atoms with van der Waals surface area (Å²) in [6, 6.07) is 9.45. The third-order valence-electron chi connectivity index (χ3n) is 6.95. The number of rotatable bonds is 7. The Bertz CT molecular complexity index is 918. The van der Waals surface area contributed by atoms with E-state index in [2.05, 4.69) is 17.6 Å². The summed E-state index contributed by atoms with van der Waals surface area (Å²) in [6.07, 6.45) is 7.07. The molecule has 1 aromatic rings. The van der Waals surface area contributed by atoms with Gasteiger partial charge in [-0.2, -0.15) is 0 Å². The molecule has 3 aliphatic rings. The summed E-state index contributed by atoms with van der Waals surface area (Å²) in [5, 5.41) is 15.8. The van der Waals surface area contributed by atoms with Gasteiger partial charge in [-0.25, -0.2) is 4.39 Å². The zero-order valence-electron chi connectivity index (χ0n) is 18.4. The normalized spacial score (nSPS) is 34.4. The molecule has 1 amide bonds. The van der Waals surface area contributed by atoms with Crippen LogP contribution in [0.15, 0.2) is 48.6 Å². The van der Waals surface area contributed by atoms with Gasteiger partial charge in [0.05, 0.1) is 12.1 Å². The van der Waals surface area contributed by atoms with Gasteiger partial charge in [0, 0.05) is 24.4 Å². The lowest BCUT2D eigenvalue weighted by molar-refractivity contribution is -0.137. The van der Waals surface area contributed by atoms with E-state index in [1.54, 1.807) is 6.08 Å². The lowest BCUT2D eigenvalue weighted by Gasteiger charge is -2.43. The molecule has 32 heavy (non-hydrogen) atoms. The van der Waals surface area contributed by atoms with E-state index in [1.165, 1.54) is 0 Å². The van der Waals surface area contributed by atoms with Crippen LogP contribution in [0.4, 0.5) is 4.39 Å². The molecule has 6 nitrogen and oxygen atoms in total. The zero-order chi connectivity index (χ0) is 22.8. The van der Waals surface area contributed by atoms with Crippen molar-refractivity contribution in [2.45, 2.75) is 62.3 Å². The van der Waals surface area contributed by atoms with Gasteiger partial charge in [-0.1, -0.05) is 48.6 Å². The van der Waals surface area contributed by atoms with Crippen molar-refractivity contribution in [3.05, 3.63) is 54.1 Å². The molecule has 2 heterocycles. The molecule has 3 N–H and O–H groups in total. The molecule has 4 unspecified atom stereocenters. The van der Waals surface area contributed by atoms with Crippen LogP contribution in [0.2, 0.25) is 0 Å². The Kier molecular flexibility index (Phi) is 6.49. The molecular formula is C25H31FN2O4. The average Bonchev–Trinajstić information content (AvgIpc) is 3.03. The molecule has 1 aromatic carbocycles. The summed E-state index contributed by atoms with van der Waals surface area (Å²) in [7, 11) is 0. The standard InChI is InChI=1S/C25H31FN2O4/c1-17-14-24(16-32-15-22(29)28-24)21(27-17)13-19-9-5-10-20(18-7-3-2-4-8-18)25(19,26)12-6-11-23(30)31/h2-5,7-10,17,19,21,27H,6,11-16H2,1H3,(H,28,29)(H,30,31)/t17-,19?,21?,24?,25?/m1/s1. The third kappa shape index (κ3) is 4.50. The molecular weight excluding hydrogens is 411 g/mol. The number of ether oxygens (including phenoxy) is 1. The number of aliphatic carboxylic acids is 1. The van der Waals surface area contributed by atoms with E-state index in [4.69, 9.17) is 9.84 Å². The number of carbonyl (C=O) groups is 2. The first-order valence-electron chi connectivity index (χ1n) is 11.3. The highest BCUT2D eigenvalue weighted by Crippen LogP contribution is 2.47. The molecule has 0 bridgehead atoms. The Morgan fingerprint density at radius 2 is 2.09 bits per heavy atom. The zero-order valence-corrected chi connectivity index (χ0v) is 18.4. The maximum absolute atomic E-state index is 17.0. The smallest absolute Gasteiger partial charge is 0.303 e. The average molecular weight is 443 g/mol. The van der Waals surface area contributed by atoms with Crippen molar-refractivity contribution in [3.8, 4) is 0 Å². The maximum Gasteiger partial charge on any atom is 0.303 e. The van der Waals surface area contributed by atoms with Crippen LogP contribution in [0.1, 0.15) is 44.6 Å². The van der Waals surface area contributed by atoms with Gasteiger partial charge in [0.1, 0.15) is 12.3 Å². The van der Waals surface area contributed by atoms with Gasteiger partial charge < -0.3 is 20.5 Å². The molecule has 0 radical (unpaired) electrons. The van der Waals surface area contributed by atoms with Crippen molar-refractivity contribution >= 4 is 17.4 Å². The van der Waals surface area contributed by atoms with E-state index in [1.807, 2.05) is 42.5 Å². The number of allylic oxidation sites excluding steroid dienone is 4. The summed E-state index contributed by atoms with van der Waals surface area (Å²) in [5.41, 5.74) is -0.880. The topological polar surface area (TPSA) is 87.7 Å². The summed E-state index contributed by atoms with van der Waals surface area (Å²) in [6.45, 7) is 2.51. The Morgan fingerprint density at radius 3 is 2.81 bits per heavy atom. The second-order valence-corrected chi connectivity index (χ2v) is 9.30. The monoisotopic (exact) mass is 442 g/mol. The quantitative estimate of drug-likeness (QED) is 0.604. The molecule has 4 rings (SSSR count).